The SMILES string of the molecule is O=P(F)(F)CP(=O)(F)F.O=P(F)(F)CP(=O)(F)F. The molecule has 0 aliphatic carbocycles. The molecule has 0 atom stereocenters. The summed E-state index contributed by atoms with van der Waals surface area (Å²) in [4.78, 5) is 0. The zero-order valence-corrected chi connectivity index (χ0v) is 11.4. The van der Waals surface area contributed by atoms with Gasteiger partial charge in [0.15, 0.2) is 11.8 Å². The van der Waals surface area contributed by atoms with E-state index in [2.05, 4.69) is 0 Å². The summed E-state index contributed by atoms with van der Waals surface area (Å²) in [6.45, 7) is 0. The molecular weight excluding hydrogens is 364 g/mol. The van der Waals surface area contributed by atoms with E-state index < -0.39 is 42.9 Å². The fraction of sp³-hybridized carbons (Fsp3) is 1.00. The molecule has 0 radical (unpaired) electrons. The van der Waals surface area contributed by atoms with Crippen molar-refractivity contribution in [1.29, 1.82) is 0 Å². The Morgan fingerprint density at radius 2 is 0.556 bits per heavy atom. The van der Waals surface area contributed by atoms with Gasteiger partial charge in [0.05, 0.1) is 0 Å². The molecule has 0 rings (SSSR count). The standard InChI is InChI=1S/2CH2F4O2P2/c2*2-8(3,6)1-9(4,5)7/h2*1H2. The van der Waals surface area contributed by atoms with Crippen LogP contribution in [0.25, 0.3) is 0 Å². The number of halogens is 8. The van der Waals surface area contributed by atoms with Gasteiger partial charge in [-0.15, -0.1) is 0 Å². The van der Waals surface area contributed by atoms with E-state index in [1.54, 1.807) is 0 Å². The molecule has 4 nitrogen and oxygen atoms in total. The van der Waals surface area contributed by atoms with Gasteiger partial charge in [-0.25, -0.2) is 18.3 Å². The van der Waals surface area contributed by atoms with Crippen LogP contribution < -0.4 is 0 Å². The lowest BCUT2D eigenvalue weighted by molar-refractivity contribution is 0.477. The van der Waals surface area contributed by atoms with E-state index in [9.17, 15) is 51.8 Å². The van der Waals surface area contributed by atoms with Gasteiger partial charge in [0.25, 0.3) is 0 Å². The third-order valence-corrected chi connectivity index (χ3v) is 5.93. The first-order valence-electron chi connectivity index (χ1n) is 3.35. The first-order chi connectivity index (χ1) is 7.41. The number of hydrogen-bond acceptors (Lipinski definition) is 4. The van der Waals surface area contributed by atoms with Gasteiger partial charge < -0.3 is 0 Å². The Labute approximate surface area is 95.6 Å². The highest BCUT2D eigenvalue weighted by Gasteiger charge is 2.35. The fourth-order valence-corrected chi connectivity index (χ4v) is 3.45. The van der Waals surface area contributed by atoms with Gasteiger partial charge in [0.1, 0.15) is 0 Å². The molecule has 0 aliphatic heterocycles. The predicted octanol–water partition coefficient (Wildman–Crippen LogP) is 6.42. The maximum absolute atomic E-state index is 11.1. The summed E-state index contributed by atoms with van der Waals surface area (Å²) in [5.41, 5.74) is 0. The molecule has 18 heavy (non-hydrogen) atoms. The van der Waals surface area contributed by atoms with Gasteiger partial charge >= 0.3 is 31.1 Å². The third kappa shape index (κ3) is 25.3. The van der Waals surface area contributed by atoms with E-state index >= 15 is 0 Å². The molecule has 0 amide bonds. The van der Waals surface area contributed by atoms with E-state index in [0.29, 0.717) is 0 Å². The second-order valence-corrected chi connectivity index (χ2v) is 9.39. The molecule has 0 aliphatic rings. The van der Waals surface area contributed by atoms with Crippen molar-refractivity contribution in [1.82, 2.24) is 0 Å². The quantitative estimate of drug-likeness (QED) is 0.424. The van der Waals surface area contributed by atoms with Crippen molar-refractivity contribution in [3.63, 3.8) is 0 Å². The van der Waals surface area contributed by atoms with Crippen LogP contribution in [-0.4, -0.2) is 11.8 Å². The molecule has 112 valence electrons. The molecule has 0 saturated heterocycles. The summed E-state index contributed by atoms with van der Waals surface area (Å²) < 4.78 is 126. The van der Waals surface area contributed by atoms with Crippen LogP contribution >= 0.6 is 31.1 Å². The molecule has 0 heterocycles. The van der Waals surface area contributed by atoms with Crippen LogP contribution in [-0.2, 0) is 18.3 Å². The van der Waals surface area contributed by atoms with Crippen molar-refractivity contribution in [2.75, 3.05) is 11.8 Å². The molecule has 0 aromatic carbocycles. The average molecular weight is 368 g/mol. The zero-order valence-electron chi connectivity index (χ0n) is 7.86. The normalized spacial score (nSPS) is 13.8. The van der Waals surface area contributed by atoms with E-state index in [1.807, 2.05) is 0 Å². The monoisotopic (exact) mass is 368 g/mol. The second kappa shape index (κ2) is 6.69. The second-order valence-electron chi connectivity index (χ2n) is 2.56. The van der Waals surface area contributed by atoms with Gasteiger partial charge in [-0.3, -0.25) is 0 Å². The van der Waals surface area contributed by atoms with E-state index in [0.717, 1.165) is 0 Å². The van der Waals surface area contributed by atoms with Crippen molar-refractivity contribution in [2.45, 2.75) is 0 Å². The van der Waals surface area contributed by atoms with Crippen LogP contribution in [0, 0.1) is 0 Å². The fourth-order valence-electron chi connectivity index (χ4n) is 0.383. The molecule has 0 spiro atoms. The van der Waals surface area contributed by atoms with Gasteiger partial charge in [-0.2, -0.15) is 33.6 Å². The number of hydrogen-bond donors (Lipinski definition) is 0. The Hall–Kier alpha value is 0.360. The van der Waals surface area contributed by atoms with Crippen LogP contribution in [0.1, 0.15) is 0 Å². The summed E-state index contributed by atoms with van der Waals surface area (Å²) in [5.74, 6) is -4.53. The highest BCUT2D eigenvalue weighted by molar-refractivity contribution is 7.71. The maximum Gasteiger partial charge on any atom is 0.415 e. The minimum atomic E-state index is -5.80. The topological polar surface area (TPSA) is 68.3 Å². The molecule has 0 bridgehead atoms. The summed E-state index contributed by atoms with van der Waals surface area (Å²) in [6.07, 6.45) is 0. The minimum absolute atomic E-state index is 2.26. The van der Waals surface area contributed by atoms with Crippen molar-refractivity contribution < 1.29 is 51.8 Å². The first kappa shape index (κ1) is 20.7. The van der Waals surface area contributed by atoms with E-state index in [4.69, 9.17) is 0 Å². The van der Waals surface area contributed by atoms with Crippen molar-refractivity contribution in [3.05, 3.63) is 0 Å². The Balaban J connectivity index is 0. The third-order valence-electron chi connectivity index (χ3n) is 0.659. The Bertz CT molecular complexity index is 356. The lowest BCUT2D eigenvalue weighted by Crippen LogP contribution is -1.71. The van der Waals surface area contributed by atoms with Gasteiger partial charge in [-0.1, -0.05) is 0 Å². The van der Waals surface area contributed by atoms with Gasteiger partial charge in [0, 0.05) is 0 Å². The lowest BCUT2D eigenvalue weighted by Gasteiger charge is -1.94. The lowest BCUT2D eigenvalue weighted by atomic mass is 11.9. The summed E-state index contributed by atoms with van der Waals surface area (Å²) in [7, 11) is -23.2. The summed E-state index contributed by atoms with van der Waals surface area (Å²) in [5, 5.41) is 0. The van der Waals surface area contributed by atoms with E-state index in [1.165, 1.54) is 0 Å². The molecule has 0 fully saturated rings. The van der Waals surface area contributed by atoms with Crippen LogP contribution in [0.5, 0.6) is 0 Å². The van der Waals surface area contributed by atoms with Gasteiger partial charge in [-0.05, 0) is 0 Å². The number of rotatable bonds is 4. The van der Waals surface area contributed by atoms with Crippen molar-refractivity contribution in [3.8, 4) is 0 Å². The van der Waals surface area contributed by atoms with Crippen molar-refractivity contribution >= 4 is 31.1 Å². The molecule has 0 aromatic heterocycles. The van der Waals surface area contributed by atoms with E-state index in [-0.39, 0.29) is 0 Å². The smallest absolute Gasteiger partial charge is 0.249 e. The van der Waals surface area contributed by atoms with Crippen LogP contribution in [0.4, 0.5) is 33.6 Å². The van der Waals surface area contributed by atoms with Crippen LogP contribution in [0.3, 0.4) is 0 Å². The summed E-state index contributed by atoms with van der Waals surface area (Å²) >= 11 is 0. The average Bonchev–Trinajstić information content (AvgIpc) is 1.64. The highest BCUT2D eigenvalue weighted by atomic mass is 31.3. The zero-order chi connectivity index (χ0) is 15.4. The van der Waals surface area contributed by atoms with Gasteiger partial charge in [0.2, 0.25) is 0 Å². The Kier molecular flexibility index (Phi) is 7.68. The van der Waals surface area contributed by atoms with Crippen LogP contribution in [0.2, 0.25) is 0 Å². The molecule has 0 unspecified atom stereocenters. The summed E-state index contributed by atoms with van der Waals surface area (Å²) in [6, 6.07) is 0. The molecule has 16 heteroatoms. The molecule has 0 saturated carbocycles. The molecule has 0 aromatic rings. The maximum atomic E-state index is 11.1. The molecule has 0 N–H and O–H groups in total. The Morgan fingerprint density at radius 1 is 0.444 bits per heavy atom. The highest BCUT2D eigenvalue weighted by Crippen LogP contribution is 2.66. The Morgan fingerprint density at radius 3 is 0.556 bits per heavy atom. The van der Waals surface area contributed by atoms with Crippen LogP contribution in [0.15, 0.2) is 0 Å². The molecular formula is C2H4F8O4P4. The predicted molar refractivity (Wildman–Crippen MR) is 49.0 cm³/mol. The first-order valence-corrected chi connectivity index (χ1v) is 10.0. The minimum Gasteiger partial charge on any atom is -0.249 e. The van der Waals surface area contributed by atoms with Crippen molar-refractivity contribution in [2.24, 2.45) is 0 Å². The largest absolute Gasteiger partial charge is 0.415 e.